The van der Waals surface area contributed by atoms with Crippen molar-refractivity contribution in [2.45, 2.75) is 88.4 Å². The van der Waals surface area contributed by atoms with E-state index in [2.05, 4.69) is 0 Å². The lowest BCUT2D eigenvalue weighted by molar-refractivity contribution is -0.160. The van der Waals surface area contributed by atoms with E-state index in [1.165, 1.54) is 0 Å². The molecule has 176 valence electrons. The van der Waals surface area contributed by atoms with Gasteiger partial charge in [-0.3, -0.25) is 14.5 Å². The number of fused-ring (bicyclic) bond motifs is 4. The van der Waals surface area contributed by atoms with E-state index in [1.807, 2.05) is 38.9 Å². The predicted octanol–water partition coefficient (Wildman–Crippen LogP) is 2.00. The van der Waals surface area contributed by atoms with Gasteiger partial charge >= 0.3 is 17.9 Å². The summed E-state index contributed by atoms with van der Waals surface area (Å²) in [6.07, 6.45) is 5.20. The van der Waals surface area contributed by atoms with Crippen molar-refractivity contribution in [3.63, 3.8) is 0 Å². The molecule has 5 aliphatic rings. The molecule has 0 amide bonds. The smallest absolute Gasteiger partial charge is 0.336 e. The zero-order valence-electron chi connectivity index (χ0n) is 19.2. The second-order valence-electron chi connectivity index (χ2n) is 10.5. The highest BCUT2D eigenvalue weighted by atomic mass is 16.6. The van der Waals surface area contributed by atoms with Gasteiger partial charge in [0.2, 0.25) is 0 Å². The van der Waals surface area contributed by atoms with E-state index >= 15 is 0 Å². The van der Waals surface area contributed by atoms with E-state index in [9.17, 15) is 14.4 Å². The zero-order valence-corrected chi connectivity index (χ0v) is 19.2. The molecule has 1 unspecified atom stereocenters. The van der Waals surface area contributed by atoms with E-state index in [0.717, 1.165) is 32.1 Å². The first kappa shape index (κ1) is 21.9. The Kier molecular flexibility index (Phi) is 5.36. The van der Waals surface area contributed by atoms with Crippen molar-refractivity contribution < 1.29 is 33.3 Å². The molecular formula is C24H33NO7. The number of epoxide rings is 1. The Bertz CT molecular complexity index is 847. The minimum atomic E-state index is -0.645. The van der Waals surface area contributed by atoms with Gasteiger partial charge in [0.15, 0.2) is 6.10 Å². The number of carbonyl (C=O) groups is 3. The Morgan fingerprint density at radius 3 is 2.56 bits per heavy atom. The molecule has 0 N–H and O–H groups in total. The Hall–Kier alpha value is -1.93. The van der Waals surface area contributed by atoms with E-state index < -0.39 is 35.9 Å². The molecule has 5 rings (SSSR count). The topological polar surface area (TPSA) is 94.7 Å². The summed E-state index contributed by atoms with van der Waals surface area (Å²) >= 11 is 0. The van der Waals surface area contributed by atoms with Gasteiger partial charge in [0.1, 0.15) is 18.3 Å². The van der Waals surface area contributed by atoms with E-state index in [1.54, 1.807) is 0 Å². The Balaban J connectivity index is 1.50. The highest BCUT2D eigenvalue weighted by Gasteiger charge is 2.65. The Morgan fingerprint density at radius 2 is 1.88 bits per heavy atom. The second kappa shape index (κ2) is 7.83. The van der Waals surface area contributed by atoms with Crippen molar-refractivity contribution in [3.8, 4) is 0 Å². The molecule has 2 saturated heterocycles. The van der Waals surface area contributed by atoms with Crippen LogP contribution >= 0.6 is 0 Å². The fraction of sp³-hybridized carbons (Fsp3) is 0.792. The van der Waals surface area contributed by atoms with Crippen molar-refractivity contribution in [1.82, 2.24) is 4.90 Å². The number of hydrogen-bond donors (Lipinski definition) is 0. The summed E-state index contributed by atoms with van der Waals surface area (Å²) in [6, 6.07) is -0.489. The van der Waals surface area contributed by atoms with E-state index in [0.29, 0.717) is 12.0 Å². The summed E-state index contributed by atoms with van der Waals surface area (Å²) in [5.74, 6) is -1.64. The average Bonchev–Trinajstić information content (AvgIpc) is 3.14. The van der Waals surface area contributed by atoms with Crippen LogP contribution in [-0.2, 0) is 33.3 Å². The molecule has 32 heavy (non-hydrogen) atoms. The van der Waals surface area contributed by atoms with Crippen molar-refractivity contribution >= 4 is 17.9 Å². The summed E-state index contributed by atoms with van der Waals surface area (Å²) in [7, 11) is 3.74. The fourth-order valence-corrected chi connectivity index (χ4v) is 6.21. The quantitative estimate of drug-likeness (QED) is 0.368. The minimum Gasteiger partial charge on any atom is -0.462 e. The number of likely N-dealkylation sites (N-methyl/N-ethyl adjacent to an activating group) is 1. The summed E-state index contributed by atoms with van der Waals surface area (Å²) in [5.41, 5.74) is -0.133. The van der Waals surface area contributed by atoms with Crippen LogP contribution in [0.2, 0.25) is 0 Å². The van der Waals surface area contributed by atoms with Crippen molar-refractivity contribution in [3.05, 3.63) is 11.6 Å². The molecule has 2 aliphatic carbocycles. The molecule has 0 radical (unpaired) electrons. The largest absolute Gasteiger partial charge is 0.462 e. The third-order valence-corrected chi connectivity index (χ3v) is 8.07. The van der Waals surface area contributed by atoms with Crippen LogP contribution in [0.25, 0.3) is 0 Å². The predicted molar refractivity (Wildman–Crippen MR) is 112 cm³/mol. The summed E-state index contributed by atoms with van der Waals surface area (Å²) in [5, 5.41) is 0. The molecule has 8 heteroatoms. The first-order valence-electron chi connectivity index (χ1n) is 11.9. The SMILES string of the molecule is CC1C(=O)O[C@H]2C[C@]3(C)O[C@H]3[C@H](OC(=O)C3CCCCC3)[C@H](N(C)C)C3=C[C@@H](OC3=O)[C@H]12. The van der Waals surface area contributed by atoms with Crippen LogP contribution < -0.4 is 0 Å². The first-order valence-corrected chi connectivity index (χ1v) is 11.9. The van der Waals surface area contributed by atoms with Gasteiger partial charge in [-0.05, 0) is 39.9 Å². The highest BCUT2D eigenvalue weighted by Crippen LogP contribution is 2.51. The summed E-state index contributed by atoms with van der Waals surface area (Å²) in [4.78, 5) is 40.4. The standard InChI is InChI=1S/C24H33NO7/c1-12-17-15-10-14(23(28)29-15)18(25(3)4)19(31-22(27)13-8-6-5-7-9-13)20-24(2,32-20)11-16(17)30-21(12)26/h10,12-13,15-20H,5-9,11H2,1-4H3/t12?,15-,16+,17+,18-,19-,20+,24+/m1/s1. The van der Waals surface area contributed by atoms with Crippen molar-refractivity contribution in [2.75, 3.05) is 14.1 Å². The van der Waals surface area contributed by atoms with Gasteiger partial charge < -0.3 is 18.9 Å². The number of esters is 3. The Labute approximate surface area is 188 Å². The number of hydrogen-bond acceptors (Lipinski definition) is 8. The maximum absolute atomic E-state index is 13.1. The van der Waals surface area contributed by atoms with Crippen LogP contribution in [-0.4, -0.2) is 73.0 Å². The Morgan fingerprint density at radius 1 is 1.16 bits per heavy atom. The monoisotopic (exact) mass is 447 g/mol. The highest BCUT2D eigenvalue weighted by molar-refractivity contribution is 5.93. The zero-order chi connectivity index (χ0) is 22.8. The lowest BCUT2D eigenvalue weighted by atomic mass is 9.79. The minimum absolute atomic E-state index is 0.106. The maximum atomic E-state index is 13.1. The maximum Gasteiger partial charge on any atom is 0.336 e. The lowest BCUT2D eigenvalue weighted by Crippen LogP contribution is -2.49. The molecule has 1 saturated carbocycles. The number of rotatable bonds is 3. The van der Waals surface area contributed by atoms with Gasteiger partial charge in [-0.1, -0.05) is 26.2 Å². The lowest BCUT2D eigenvalue weighted by Gasteiger charge is -2.33. The number of ether oxygens (including phenoxy) is 4. The van der Waals surface area contributed by atoms with Crippen LogP contribution in [0.5, 0.6) is 0 Å². The number of carbonyl (C=O) groups excluding carboxylic acids is 3. The average molecular weight is 448 g/mol. The molecule has 2 bridgehead atoms. The molecular weight excluding hydrogens is 414 g/mol. The molecule has 0 aromatic heterocycles. The molecule has 0 aromatic rings. The van der Waals surface area contributed by atoms with Gasteiger partial charge in [0, 0.05) is 12.3 Å². The van der Waals surface area contributed by atoms with Crippen LogP contribution in [0.3, 0.4) is 0 Å². The van der Waals surface area contributed by atoms with Gasteiger partial charge in [-0.25, -0.2) is 4.79 Å². The van der Waals surface area contributed by atoms with Crippen LogP contribution in [0.1, 0.15) is 52.4 Å². The normalized spacial score (nSPS) is 43.7. The first-order chi connectivity index (χ1) is 15.2. The molecule has 3 fully saturated rings. The van der Waals surface area contributed by atoms with Gasteiger partial charge in [0.25, 0.3) is 0 Å². The summed E-state index contributed by atoms with van der Waals surface area (Å²) in [6.45, 7) is 3.80. The van der Waals surface area contributed by atoms with Crippen LogP contribution in [0.15, 0.2) is 11.6 Å². The van der Waals surface area contributed by atoms with E-state index in [-0.39, 0.29) is 35.8 Å². The van der Waals surface area contributed by atoms with Crippen LogP contribution in [0, 0.1) is 17.8 Å². The van der Waals surface area contributed by atoms with Crippen LogP contribution in [0.4, 0.5) is 0 Å². The van der Waals surface area contributed by atoms with E-state index in [4.69, 9.17) is 18.9 Å². The molecule has 0 aromatic carbocycles. The molecule has 0 spiro atoms. The molecule has 8 nitrogen and oxygen atoms in total. The fourth-order valence-electron chi connectivity index (χ4n) is 6.21. The van der Waals surface area contributed by atoms with Gasteiger partial charge in [0.05, 0.1) is 29.1 Å². The molecule has 3 heterocycles. The number of nitrogens with zero attached hydrogens (tertiary/aromatic N) is 1. The van der Waals surface area contributed by atoms with Crippen molar-refractivity contribution in [1.29, 1.82) is 0 Å². The molecule has 3 aliphatic heterocycles. The van der Waals surface area contributed by atoms with Crippen molar-refractivity contribution in [2.24, 2.45) is 17.8 Å². The summed E-state index contributed by atoms with van der Waals surface area (Å²) < 4.78 is 23.7. The third kappa shape index (κ3) is 3.55. The van der Waals surface area contributed by atoms with Gasteiger partial charge in [-0.15, -0.1) is 0 Å². The molecule has 8 atom stereocenters. The third-order valence-electron chi connectivity index (χ3n) is 8.07. The van der Waals surface area contributed by atoms with Gasteiger partial charge in [-0.2, -0.15) is 0 Å². The second-order valence-corrected chi connectivity index (χ2v) is 10.5.